The normalized spacial score (nSPS) is 10.2. The Morgan fingerprint density at radius 1 is 0.897 bits per heavy atom. The van der Waals surface area contributed by atoms with Crippen molar-refractivity contribution in [3.63, 3.8) is 0 Å². The number of nitrogens with one attached hydrogen (secondary N) is 1. The maximum absolute atomic E-state index is 12.2. The predicted octanol–water partition coefficient (Wildman–Crippen LogP) is 4.97. The van der Waals surface area contributed by atoms with Crippen LogP contribution in [0, 0.1) is 10.1 Å². The molecule has 3 rings (SSSR count). The van der Waals surface area contributed by atoms with E-state index in [0.717, 1.165) is 5.75 Å². The molecule has 3 aromatic carbocycles. The van der Waals surface area contributed by atoms with E-state index in [0.29, 0.717) is 29.4 Å². The number of nitro benzene ring substituents is 1. The van der Waals surface area contributed by atoms with Gasteiger partial charge in [-0.15, -0.1) is 0 Å². The molecular formula is C22H20N2O5. The summed E-state index contributed by atoms with van der Waals surface area (Å²) in [6, 6.07) is 20.3. The summed E-state index contributed by atoms with van der Waals surface area (Å²) in [6.07, 6.45) is 0.127. The maximum atomic E-state index is 12.2. The van der Waals surface area contributed by atoms with Gasteiger partial charge in [0.05, 0.1) is 18.0 Å². The molecule has 0 unspecified atom stereocenters. The molecule has 0 fully saturated rings. The molecule has 1 amide bonds. The Labute approximate surface area is 168 Å². The highest BCUT2D eigenvalue weighted by atomic mass is 16.6. The Hall–Kier alpha value is -3.87. The van der Waals surface area contributed by atoms with Crippen LogP contribution in [0.25, 0.3) is 0 Å². The molecule has 0 aliphatic rings. The molecule has 0 aromatic heterocycles. The van der Waals surface area contributed by atoms with Crippen LogP contribution in [-0.2, 0) is 11.2 Å². The molecule has 0 radical (unpaired) electrons. The highest BCUT2D eigenvalue weighted by molar-refractivity contribution is 5.92. The molecule has 0 aliphatic heterocycles. The van der Waals surface area contributed by atoms with Crippen molar-refractivity contribution >= 4 is 17.3 Å². The van der Waals surface area contributed by atoms with Gasteiger partial charge < -0.3 is 14.8 Å². The van der Waals surface area contributed by atoms with E-state index in [4.69, 9.17) is 9.47 Å². The van der Waals surface area contributed by atoms with Crippen LogP contribution in [-0.4, -0.2) is 17.4 Å². The fourth-order valence-electron chi connectivity index (χ4n) is 2.64. The van der Waals surface area contributed by atoms with Crippen LogP contribution in [0.2, 0.25) is 0 Å². The Bertz CT molecular complexity index is 968. The Morgan fingerprint density at radius 2 is 1.45 bits per heavy atom. The molecule has 0 heterocycles. The van der Waals surface area contributed by atoms with Crippen molar-refractivity contribution in [1.29, 1.82) is 0 Å². The van der Waals surface area contributed by atoms with Crippen LogP contribution >= 0.6 is 0 Å². The summed E-state index contributed by atoms with van der Waals surface area (Å²) in [5.41, 5.74) is 1.33. The number of amides is 1. The second-order valence-electron chi connectivity index (χ2n) is 6.18. The number of benzene rings is 3. The van der Waals surface area contributed by atoms with E-state index in [2.05, 4.69) is 5.32 Å². The molecule has 29 heavy (non-hydrogen) atoms. The molecule has 3 aromatic rings. The van der Waals surface area contributed by atoms with Gasteiger partial charge in [0, 0.05) is 17.8 Å². The number of nitrogens with zero attached hydrogens (tertiary/aromatic N) is 1. The highest BCUT2D eigenvalue weighted by Gasteiger charge is 2.08. The number of non-ortho nitro benzene ring substituents is 1. The summed E-state index contributed by atoms with van der Waals surface area (Å²) < 4.78 is 11.2. The van der Waals surface area contributed by atoms with Gasteiger partial charge in [-0.3, -0.25) is 14.9 Å². The van der Waals surface area contributed by atoms with Crippen molar-refractivity contribution in [3.8, 4) is 17.2 Å². The van der Waals surface area contributed by atoms with Crippen molar-refractivity contribution in [2.24, 2.45) is 0 Å². The second-order valence-corrected chi connectivity index (χ2v) is 6.18. The molecule has 148 valence electrons. The summed E-state index contributed by atoms with van der Waals surface area (Å²) >= 11 is 0. The van der Waals surface area contributed by atoms with Crippen LogP contribution in [0.15, 0.2) is 72.8 Å². The number of rotatable bonds is 8. The number of ether oxygens (including phenoxy) is 2. The van der Waals surface area contributed by atoms with E-state index in [1.165, 1.54) is 12.1 Å². The second kappa shape index (κ2) is 9.36. The van der Waals surface area contributed by atoms with Gasteiger partial charge in [-0.05, 0) is 61.0 Å². The summed E-state index contributed by atoms with van der Waals surface area (Å²) in [5, 5.41) is 13.5. The predicted molar refractivity (Wildman–Crippen MR) is 110 cm³/mol. The quantitative estimate of drug-likeness (QED) is 0.432. The third-order valence-corrected chi connectivity index (χ3v) is 4.02. The minimum Gasteiger partial charge on any atom is -0.494 e. The lowest BCUT2D eigenvalue weighted by atomic mass is 10.1. The van der Waals surface area contributed by atoms with Crippen molar-refractivity contribution in [2.75, 3.05) is 11.9 Å². The minimum atomic E-state index is -0.471. The van der Waals surface area contributed by atoms with Gasteiger partial charge in [-0.2, -0.15) is 0 Å². The number of hydrogen-bond donors (Lipinski definition) is 1. The molecule has 1 N–H and O–H groups in total. The third kappa shape index (κ3) is 5.80. The number of carbonyl (C=O) groups excluding carboxylic acids is 1. The Morgan fingerprint density at radius 3 is 2.00 bits per heavy atom. The number of anilines is 1. The standard InChI is InChI=1S/C22H20N2O5/c1-2-28-19-11-13-21(14-12-19)29-20-9-5-17(6-10-20)23-22(25)15-16-3-7-18(8-4-16)24(26)27/h3-14H,2,15H2,1H3,(H,23,25). The number of carbonyl (C=O) groups is 1. The number of nitro groups is 1. The number of hydrogen-bond acceptors (Lipinski definition) is 5. The molecule has 0 saturated heterocycles. The van der Waals surface area contributed by atoms with Gasteiger partial charge in [-0.25, -0.2) is 0 Å². The summed E-state index contributed by atoms with van der Waals surface area (Å²) in [7, 11) is 0. The molecule has 0 saturated carbocycles. The summed E-state index contributed by atoms with van der Waals surface area (Å²) in [6.45, 7) is 2.54. The van der Waals surface area contributed by atoms with Crippen molar-refractivity contribution in [2.45, 2.75) is 13.3 Å². The van der Waals surface area contributed by atoms with Crippen LogP contribution in [0.4, 0.5) is 11.4 Å². The van der Waals surface area contributed by atoms with Gasteiger partial charge in [0.15, 0.2) is 0 Å². The van der Waals surface area contributed by atoms with Gasteiger partial charge in [-0.1, -0.05) is 12.1 Å². The average molecular weight is 392 g/mol. The van der Waals surface area contributed by atoms with E-state index < -0.39 is 4.92 Å². The first-order valence-electron chi connectivity index (χ1n) is 9.07. The first-order valence-corrected chi connectivity index (χ1v) is 9.07. The fourth-order valence-corrected chi connectivity index (χ4v) is 2.64. The van der Waals surface area contributed by atoms with E-state index >= 15 is 0 Å². The Balaban J connectivity index is 1.54. The maximum Gasteiger partial charge on any atom is 0.269 e. The first kappa shape index (κ1) is 19.9. The Kier molecular flexibility index (Phi) is 6.42. The smallest absolute Gasteiger partial charge is 0.269 e. The molecular weight excluding hydrogens is 372 g/mol. The van der Waals surface area contributed by atoms with E-state index in [1.807, 2.05) is 31.2 Å². The lowest BCUT2D eigenvalue weighted by Gasteiger charge is -2.09. The monoisotopic (exact) mass is 392 g/mol. The third-order valence-electron chi connectivity index (χ3n) is 4.02. The van der Waals surface area contributed by atoms with E-state index in [-0.39, 0.29) is 18.0 Å². The van der Waals surface area contributed by atoms with Gasteiger partial charge in [0.1, 0.15) is 17.2 Å². The molecule has 7 heteroatoms. The van der Waals surface area contributed by atoms with Crippen LogP contribution in [0.3, 0.4) is 0 Å². The zero-order valence-electron chi connectivity index (χ0n) is 15.8. The zero-order valence-corrected chi connectivity index (χ0v) is 15.8. The largest absolute Gasteiger partial charge is 0.494 e. The van der Waals surface area contributed by atoms with Crippen molar-refractivity contribution in [1.82, 2.24) is 0 Å². The zero-order chi connectivity index (χ0) is 20.6. The minimum absolute atomic E-state index is 0.00252. The van der Waals surface area contributed by atoms with E-state index in [1.54, 1.807) is 36.4 Å². The molecule has 0 atom stereocenters. The van der Waals surface area contributed by atoms with Crippen molar-refractivity contribution in [3.05, 3.63) is 88.5 Å². The molecule has 0 bridgehead atoms. The topological polar surface area (TPSA) is 90.7 Å². The van der Waals surface area contributed by atoms with Crippen LogP contribution < -0.4 is 14.8 Å². The molecule has 0 aliphatic carbocycles. The van der Waals surface area contributed by atoms with Crippen LogP contribution in [0.5, 0.6) is 17.2 Å². The highest BCUT2D eigenvalue weighted by Crippen LogP contribution is 2.25. The summed E-state index contributed by atoms with van der Waals surface area (Å²) in [5.74, 6) is 1.90. The van der Waals surface area contributed by atoms with Gasteiger partial charge in [0.2, 0.25) is 5.91 Å². The van der Waals surface area contributed by atoms with E-state index in [9.17, 15) is 14.9 Å². The van der Waals surface area contributed by atoms with Crippen molar-refractivity contribution < 1.29 is 19.2 Å². The SMILES string of the molecule is CCOc1ccc(Oc2ccc(NC(=O)Cc3ccc([N+](=O)[O-])cc3)cc2)cc1. The molecule has 0 spiro atoms. The lowest BCUT2D eigenvalue weighted by molar-refractivity contribution is -0.384. The van der Waals surface area contributed by atoms with Gasteiger partial charge >= 0.3 is 0 Å². The average Bonchev–Trinajstić information content (AvgIpc) is 2.71. The fraction of sp³-hybridized carbons (Fsp3) is 0.136. The first-order chi connectivity index (χ1) is 14.0. The summed E-state index contributed by atoms with van der Waals surface area (Å²) in [4.78, 5) is 22.4. The van der Waals surface area contributed by atoms with Crippen LogP contribution in [0.1, 0.15) is 12.5 Å². The molecule has 7 nitrogen and oxygen atoms in total. The van der Waals surface area contributed by atoms with Gasteiger partial charge in [0.25, 0.3) is 5.69 Å². The lowest BCUT2D eigenvalue weighted by Crippen LogP contribution is -2.14.